The summed E-state index contributed by atoms with van der Waals surface area (Å²) in [4.78, 5) is 36.5. The van der Waals surface area contributed by atoms with Crippen molar-refractivity contribution in [3.05, 3.63) is 24.3 Å². The summed E-state index contributed by atoms with van der Waals surface area (Å²) in [6.45, 7) is 4.54. The normalized spacial score (nSPS) is 13.4. The molecule has 1 N–H and O–H groups in total. The number of hydrogen-bond donors (Lipinski definition) is 1. The number of carboxylic acids is 1. The molecule has 0 saturated heterocycles. The molecule has 0 saturated carbocycles. The van der Waals surface area contributed by atoms with Crippen LogP contribution >= 0.6 is 0 Å². The van der Waals surface area contributed by atoms with Crippen molar-refractivity contribution in [1.29, 1.82) is 0 Å². The average molecular weight is 625 g/mol. The molecule has 0 radical (unpaired) electrons. The van der Waals surface area contributed by atoms with E-state index in [2.05, 4.69) is 38.2 Å². The molecule has 2 atom stereocenters. The zero-order chi connectivity index (χ0) is 32.9. The monoisotopic (exact) mass is 624 g/mol. The van der Waals surface area contributed by atoms with E-state index in [1.165, 1.54) is 51.4 Å². The van der Waals surface area contributed by atoms with Gasteiger partial charge in [-0.2, -0.15) is 0 Å². The van der Waals surface area contributed by atoms with Gasteiger partial charge in [-0.1, -0.05) is 102 Å². The Morgan fingerprint density at radius 1 is 0.705 bits per heavy atom. The van der Waals surface area contributed by atoms with Crippen LogP contribution in [0.5, 0.6) is 0 Å². The lowest BCUT2D eigenvalue weighted by Gasteiger charge is -2.31. The van der Waals surface area contributed by atoms with Crippen LogP contribution in [0.15, 0.2) is 24.3 Å². The number of unbranched alkanes of at least 4 members (excludes halogenated alkanes) is 12. The lowest BCUT2D eigenvalue weighted by atomic mass is 10.1. The van der Waals surface area contributed by atoms with Gasteiger partial charge in [0, 0.05) is 19.3 Å². The Labute approximate surface area is 269 Å². The molecule has 8 nitrogen and oxygen atoms in total. The first-order valence-corrected chi connectivity index (χ1v) is 17.4. The Hall–Kier alpha value is -2.19. The van der Waals surface area contributed by atoms with Crippen LogP contribution in [-0.4, -0.2) is 80.6 Å². The van der Waals surface area contributed by atoms with E-state index in [0.717, 1.165) is 44.9 Å². The zero-order valence-electron chi connectivity index (χ0n) is 28.9. The van der Waals surface area contributed by atoms with Crippen molar-refractivity contribution in [2.75, 3.05) is 41.0 Å². The number of hydrogen-bond acceptors (Lipinski definition) is 6. The van der Waals surface area contributed by atoms with E-state index in [-0.39, 0.29) is 42.7 Å². The van der Waals surface area contributed by atoms with E-state index < -0.39 is 18.1 Å². The number of ether oxygens (including phenoxy) is 3. The number of quaternary nitrogens is 1. The molecule has 2 unspecified atom stereocenters. The highest BCUT2D eigenvalue weighted by atomic mass is 16.6. The highest BCUT2D eigenvalue weighted by Gasteiger charge is 2.31. The van der Waals surface area contributed by atoms with Gasteiger partial charge in [0.25, 0.3) is 0 Å². The van der Waals surface area contributed by atoms with Gasteiger partial charge in [0.15, 0.2) is 12.1 Å². The summed E-state index contributed by atoms with van der Waals surface area (Å²) < 4.78 is 17.1. The van der Waals surface area contributed by atoms with Crippen molar-refractivity contribution in [1.82, 2.24) is 0 Å². The van der Waals surface area contributed by atoms with E-state index in [1.807, 2.05) is 21.1 Å². The van der Waals surface area contributed by atoms with Gasteiger partial charge < -0.3 is 23.8 Å². The van der Waals surface area contributed by atoms with Crippen molar-refractivity contribution in [3.63, 3.8) is 0 Å². The Morgan fingerprint density at radius 3 is 1.86 bits per heavy atom. The van der Waals surface area contributed by atoms with Crippen LogP contribution in [-0.2, 0) is 28.6 Å². The highest BCUT2D eigenvalue weighted by molar-refractivity contribution is 5.72. The quantitative estimate of drug-likeness (QED) is 0.0372. The van der Waals surface area contributed by atoms with E-state index in [0.29, 0.717) is 19.3 Å². The number of aliphatic carboxylic acids is 1. The number of allylic oxidation sites excluding steroid dienone is 4. The SMILES string of the molecule is CC/C=C/C/C=C/CCCCC(=O)OC(COCCC(C(=O)O)[N+](C)(C)C)COC(=O)CCCCCCCCCCCCC. The Bertz CT molecular complexity index is 788. The molecule has 0 rings (SSSR count). The van der Waals surface area contributed by atoms with Crippen molar-refractivity contribution in [3.8, 4) is 0 Å². The van der Waals surface area contributed by atoms with Crippen molar-refractivity contribution < 1.29 is 38.2 Å². The van der Waals surface area contributed by atoms with Gasteiger partial charge in [0.1, 0.15) is 6.61 Å². The standard InChI is InChI=1S/C36H65NO7/c1-6-8-10-12-14-16-17-19-20-22-24-26-34(38)43-31-32(30-42-29-28-33(36(40)41)37(3,4)5)44-35(39)27-25-23-21-18-15-13-11-9-7-2/h9,11,15,18,32-33H,6-8,10,12-14,16-17,19-31H2,1-5H3/p+1/b11-9+,18-15+. The van der Waals surface area contributed by atoms with Crippen molar-refractivity contribution >= 4 is 17.9 Å². The van der Waals surface area contributed by atoms with Gasteiger partial charge in [-0.15, -0.1) is 0 Å². The molecule has 0 aromatic heterocycles. The molecule has 256 valence electrons. The maximum absolute atomic E-state index is 12.5. The van der Waals surface area contributed by atoms with Crippen LogP contribution in [0.4, 0.5) is 0 Å². The molecule has 0 spiro atoms. The second-order valence-electron chi connectivity index (χ2n) is 12.7. The number of nitrogens with zero attached hydrogens (tertiary/aromatic N) is 1. The topological polar surface area (TPSA) is 99.1 Å². The third kappa shape index (κ3) is 26.2. The molecule has 0 aromatic rings. The fraction of sp³-hybridized carbons (Fsp3) is 0.806. The summed E-state index contributed by atoms with van der Waals surface area (Å²) in [5, 5.41) is 9.54. The van der Waals surface area contributed by atoms with Crippen LogP contribution in [0.25, 0.3) is 0 Å². The number of carbonyl (C=O) groups excluding carboxylic acids is 2. The number of rotatable bonds is 30. The van der Waals surface area contributed by atoms with E-state index in [9.17, 15) is 19.5 Å². The van der Waals surface area contributed by atoms with Gasteiger partial charge in [0.05, 0.1) is 34.4 Å². The third-order valence-corrected chi connectivity index (χ3v) is 7.62. The minimum atomic E-state index is -0.882. The largest absolute Gasteiger partial charge is 0.477 e. The number of carboxylic acid groups (broad SMARTS) is 1. The Morgan fingerprint density at radius 2 is 1.27 bits per heavy atom. The number of likely N-dealkylation sites (N-methyl/N-ethyl adjacent to an activating group) is 1. The molecular weight excluding hydrogens is 558 g/mol. The van der Waals surface area contributed by atoms with E-state index >= 15 is 0 Å². The van der Waals surface area contributed by atoms with Crippen molar-refractivity contribution in [2.24, 2.45) is 0 Å². The number of carbonyl (C=O) groups is 3. The molecule has 0 heterocycles. The smallest absolute Gasteiger partial charge is 0.362 e. The van der Waals surface area contributed by atoms with Crippen LogP contribution in [0, 0.1) is 0 Å². The fourth-order valence-corrected chi connectivity index (χ4v) is 4.89. The van der Waals surface area contributed by atoms with Gasteiger partial charge in [0.2, 0.25) is 0 Å². The van der Waals surface area contributed by atoms with Crippen LogP contribution in [0.3, 0.4) is 0 Å². The van der Waals surface area contributed by atoms with E-state index in [1.54, 1.807) is 0 Å². The van der Waals surface area contributed by atoms with Crippen LogP contribution < -0.4 is 0 Å². The van der Waals surface area contributed by atoms with Crippen LogP contribution in [0.2, 0.25) is 0 Å². The molecule has 44 heavy (non-hydrogen) atoms. The van der Waals surface area contributed by atoms with Gasteiger partial charge in [-0.3, -0.25) is 9.59 Å². The zero-order valence-corrected chi connectivity index (χ0v) is 28.9. The predicted molar refractivity (Wildman–Crippen MR) is 178 cm³/mol. The first-order valence-electron chi connectivity index (χ1n) is 17.4. The van der Waals surface area contributed by atoms with Gasteiger partial charge in [-0.05, 0) is 38.5 Å². The highest BCUT2D eigenvalue weighted by Crippen LogP contribution is 2.13. The number of esters is 2. The summed E-state index contributed by atoms with van der Waals surface area (Å²) in [7, 11) is 5.49. The van der Waals surface area contributed by atoms with Gasteiger partial charge in [-0.25, -0.2) is 4.79 Å². The summed E-state index contributed by atoms with van der Waals surface area (Å²) in [5.41, 5.74) is 0. The second kappa shape index (κ2) is 28.3. The van der Waals surface area contributed by atoms with Gasteiger partial charge >= 0.3 is 17.9 Å². The van der Waals surface area contributed by atoms with E-state index in [4.69, 9.17) is 14.2 Å². The van der Waals surface area contributed by atoms with Crippen LogP contribution in [0.1, 0.15) is 136 Å². The average Bonchev–Trinajstić information content (AvgIpc) is 2.96. The minimum Gasteiger partial charge on any atom is -0.477 e. The molecule has 0 aliphatic heterocycles. The summed E-state index contributed by atoms with van der Waals surface area (Å²) in [6.07, 6.45) is 26.6. The second-order valence-corrected chi connectivity index (χ2v) is 12.7. The van der Waals surface area contributed by atoms with Crippen molar-refractivity contribution in [2.45, 2.75) is 148 Å². The maximum atomic E-state index is 12.5. The molecular formula is C36H66NO7+. The summed E-state index contributed by atoms with van der Waals surface area (Å²) in [5.74, 6) is -1.52. The Kier molecular flexibility index (Phi) is 26.9. The lowest BCUT2D eigenvalue weighted by Crippen LogP contribution is -2.50. The molecule has 0 fully saturated rings. The summed E-state index contributed by atoms with van der Waals surface area (Å²) >= 11 is 0. The first kappa shape index (κ1) is 41.8. The molecule has 8 heteroatoms. The third-order valence-electron chi connectivity index (χ3n) is 7.62. The molecule has 0 aliphatic carbocycles. The first-order chi connectivity index (χ1) is 21.1. The molecule has 0 bridgehead atoms. The Balaban J connectivity index is 4.49. The molecule has 0 aromatic carbocycles. The lowest BCUT2D eigenvalue weighted by molar-refractivity contribution is -0.887. The minimum absolute atomic E-state index is 0.0506. The summed E-state index contributed by atoms with van der Waals surface area (Å²) in [6, 6.07) is -0.615. The molecule has 0 aliphatic rings. The fourth-order valence-electron chi connectivity index (χ4n) is 4.89. The molecule has 0 amide bonds. The maximum Gasteiger partial charge on any atom is 0.362 e. The predicted octanol–water partition coefficient (Wildman–Crippen LogP) is 8.18.